The van der Waals surface area contributed by atoms with E-state index in [0.717, 1.165) is 42.1 Å². The van der Waals surface area contributed by atoms with Crippen LogP contribution in [-0.2, 0) is 4.74 Å². The van der Waals surface area contributed by atoms with E-state index in [2.05, 4.69) is 20.4 Å². The SMILES string of the molecule is [2H]C1([2H])OC([2H])([2H])C1N1CCC(c2cc3nc(Nc4cnn(C5CC5)c4Cl)ncc3cc2Cl)CC1. The van der Waals surface area contributed by atoms with Crippen molar-refractivity contribution in [3.8, 4) is 0 Å². The number of rotatable bonds is 5. The van der Waals surface area contributed by atoms with E-state index in [9.17, 15) is 0 Å². The zero-order chi connectivity index (χ0) is 24.5. The van der Waals surface area contributed by atoms with Gasteiger partial charge in [0.15, 0.2) is 5.15 Å². The zero-order valence-corrected chi connectivity index (χ0v) is 18.2. The molecule has 1 N–H and O–H groups in total. The van der Waals surface area contributed by atoms with Gasteiger partial charge in [0, 0.05) is 16.6 Å². The first-order chi connectivity index (χ1) is 16.6. The number of anilines is 2. The minimum Gasteiger partial charge on any atom is -0.378 e. The monoisotopic (exact) mass is 462 g/mol. The van der Waals surface area contributed by atoms with Crippen LogP contribution in [0, 0.1) is 0 Å². The molecule has 9 heteroatoms. The third-order valence-corrected chi connectivity index (χ3v) is 6.95. The van der Waals surface area contributed by atoms with Crippen molar-refractivity contribution in [1.29, 1.82) is 0 Å². The predicted octanol–water partition coefficient (Wildman–Crippen LogP) is 4.79. The van der Waals surface area contributed by atoms with E-state index in [4.69, 9.17) is 33.4 Å². The van der Waals surface area contributed by atoms with Crippen molar-refractivity contribution in [2.24, 2.45) is 0 Å². The molecule has 6 rings (SSSR count). The summed E-state index contributed by atoms with van der Waals surface area (Å²) in [6.07, 6.45) is 7.06. The minimum absolute atomic E-state index is 0.165. The summed E-state index contributed by atoms with van der Waals surface area (Å²) >= 11 is 13.1. The van der Waals surface area contributed by atoms with Crippen LogP contribution >= 0.6 is 23.2 Å². The Bertz CT molecular complexity index is 1280. The molecule has 4 heterocycles. The maximum Gasteiger partial charge on any atom is 0.227 e. The Kier molecular flexibility index (Phi) is 4.02. The van der Waals surface area contributed by atoms with Crippen molar-refractivity contribution in [1.82, 2.24) is 24.6 Å². The van der Waals surface area contributed by atoms with Crippen LogP contribution in [0.25, 0.3) is 10.9 Å². The summed E-state index contributed by atoms with van der Waals surface area (Å²) in [5, 5.41) is 9.55. The van der Waals surface area contributed by atoms with Gasteiger partial charge in [-0.05, 0) is 62.4 Å². The van der Waals surface area contributed by atoms with Crippen molar-refractivity contribution >= 4 is 45.7 Å². The number of benzene rings is 1. The van der Waals surface area contributed by atoms with E-state index in [1.54, 1.807) is 12.4 Å². The van der Waals surface area contributed by atoms with Gasteiger partial charge >= 0.3 is 0 Å². The molecule has 162 valence electrons. The van der Waals surface area contributed by atoms with Crippen molar-refractivity contribution in [2.75, 3.05) is 31.5 Å². The lowest BCUT2D eigenvalue weighted by atomic mass is 9.88. The topological polar surface area (TPSA) is 68.1 Å². The Labute approximate surface area is 196 Å². The number of hydrogen-bond acceptors (Lipinski definition) is 6. The average molecular weight is 463 g/mol. The number of piperidine rings is 1. The number of hydrogen-bond donors (Lipinski definition) is 1. The molecule has 2 saturated heterocycles. The molecule has 7 nitrogen and oxygen atoms in total. The normalized spacial score (nSPS) is 26.0. The Morgan fingerprint density at radius 2 is 1.87 bits per heavy atom. The molecule has 1 aromatic carbocycles. The van der Waals surface area contributed by atoms with Crippen molar-refractivity contribution in [3.05, 3.63) is 40.3 Å². The van der Waals surface area contributed by atoms with Gasteiger partial charge in [0.25, 0.3) is 0 Å². The van der Waals surface area contributed by atoms with Gasteiger partial charge < -0.3 is 10.1 Å². The summed E-state index contributed by atoms with van der Waals surface area (Å²) in [7, 11) is 0. The Hall–Kier alpha value is -1.93. The van der Waals surface area contributed by atoms with Gasteiger partial charge in [-0.2, -0.15) is 5.10 Å². The molecule has 0 radical (unpaired) electrons. The van der Waals surface area contributed by atoms with Crippen LogP contribution in [0.4, 0.5) is 11.6 Å². The Morgan fingerprint density at radius 3 is 2.61 bits per heavy atom. The first kappa shape index (κ1) is 15.8. The molecule has 1 saturated carbocycles. The molecular weight excluding hydrogens is 435 g/mol. The number of fused-ring (bicyclic) bond motifs is 1. The standard InChI is InChI=1S/C22H24Cl2N6O/c23-18-7-14-9-25-22(28-20-10-26-30(21(20)24)15-1-2-15)27-19(14)8-17(18)13-3-5-29(6-4-13)16-11-31-12-16/h7-10,13,15-16H,1-6,11-12H2,(H,25,27,28)/i11D2,12D2. The zero-order valence-electron chi connectivity index (χ0n) is 20.7. The second-order valence-corrected chi connectivity index (χ2v) is 9.09. The summed E-state index contributed by atoms with van der Waals surface area (Å²) in [4.78, 5) is 10.9. The minimum atomic E-state index is -1.98. The second-order valence-electron chi connectivity index (χ2n) is 8.33. The summed E-state index contributed by atoms with van der Waals surface area (Å²) in [6, 6.07) is 3.34. The molecule has 2 aromatic heterocycles. The molecule has 0 unspecified atom stereocenters. The fraction of sp³-hybridized carbons (Fsp3) is 0.500. The Morgan fingerprint density at radius 1 is 1.06 bits per heavy atom. The number of nitrogens with one attached hydrogen (secondary N) is 1. The van der Waals surface area contributed by atoms with E-state index >= 15 is 0 Å². The van der Waals surface area contributed by atoms with Gasteiger partial charge in [-0.3, -0.25) is 4.90 Å². The van der Waals surface area contributed by atoms with Gasteiger partial charge in [-0.1, -0.05) is 23.2 Å². The largest absolute Gasteiger partial charge is 0.378 e. The number of likely N-dealkylation sites (tertiary alicyclic amines) is 1. The fourth-order valence-corrected chi connectivity index (χ4v) is 4.90. The van der Waals surface area contributed by atoms with Crippen molar-refractivity contribution < 1.29 is 10.2 Å². The highest BCUT2D eigenvalue weighted by atomic mass is 35.5. The smallest absolute Gasteiger partial charge is 0.227 e. The predicted molar refractivity (Wildman–Crippen MR) is 121 cm³/mol. The van der Waals surface area contributed by atoms with Crippen molar-refractivity contribution in [3.63, 3.8) is 0 Å². The number of nitrogens with zero attached hydrogens (tertiary/aromatic N) is 5. The second kappa shape index (κ2) is 7.89. The maximum absolute atomic E-state index is 7.90. The average Bonchev–Trinajstić information content (AvgIpc) is 3.57. The third kappa shape index (κ3) is 3.78. The number of aromatic nitrogens is 4. The van der Waals surface area contributed by atoms with E-state index in [1.807, 2.05) is 21.7 Å². The molecule has 3 aromatic rings. The highest BCUT2D eigenvalue weighted by Gasteiger charge is 2.31. The lowest BCUT2D eigenvalue weighted by Gasteiger charge is -2.41. The summed E-state index contributed by atoms with van der Waals surface area (Å²) in [5.74, 6) is 0.589. The van der Waals surface area contributed by atoms with Crippen LogP contribution in [0.3, 0.4) is 0 Å². The molecule has 0 atom stereocenters. The first-order valence-corrected chi connectivity index (χ1v) is 11.3. The van der Waals surface area contributed by atoms with Crippen LogP contribution in [0.2, 0.25) is 10.2 Å². The van der Waals surface area contributed by atoms with Gasteiger partial charge in [-0.25, -0.2) is 14.6 Å². The van der Waals surface area contributed by atoms with E-state index in [1.165, 1.54) is 0 Å². The maximum atomic E-state index is 7.90. The van der Waals surface area contributed by atoms with E-state index in [-0.39, 0.29) is 5.92 Å². The quantitative estimate of drug-likeness (QED) is 0.587. The first-order valence-electron chi connectivity index (χ1n) is 12.5. The van der Waals surface area contributed by atoms with E-state index < -0.39 is 19.2 Å². The van der Waals surface area contributed by atoms with Gasteiger partial charge in [0.05, 0.1) is 48.1 Å². The summed E-state index contributed by atoms with van der Waals surface area (Å²) in [5.41, 5.74) is 2.41. The molecule has 3 fully saturated rings. The molecule has 2 aliphatic heterocycles. The van der Waals surface area contributed by atoms with Crippen LogP contribution < -0.4 is 5.32 Å². The van der Waals surface area contributed by atoms with Gasteiger partial charge in [-0.15, -0.1) is 0 Å². The van der Waals surface area contributed by atoms with Crippen LogP contribution in [-0.4, -0.2) is 56.9 Å². The Balaban J connectivity index is 1.20. The fourth-order valence-electron chi connectivity index (χ4n) is 4.29. The van der Waals surface area contributed by atoms with Crippen molar-refractivity contribution in [2.45, 2.75) is 43.7 Å². The lowest BCUT2D eigenvalue weighted by Crippen LogP contribution is -2.51. The number of ether oxygens (including phenoxy) is 1. The molecule has 0 amide bonds. The van der Waals surface area contributed by atoms with Gasteiger partial charge in [0.2, 0.25) is 5.95 Å². The van der Waals surface area contributed by atoms with Crippen LogP contribution in [0.1, 0.15) is 48.7 Å². The molecule has 0 bridgehead atoms. The number of halogens is 2. The molecular formula is C22H24Cl2N6O. The van der Waals surface area contributed by atoms with Gasteiger partial charge in [0.1, 0.15) is 0 Å². The van der Waals surface area contributed by atoms with Crippen LogP contribution in [0.15, 0.2) is 24.5 Å². The summed E-state index contributed by atoms with van der Waals surface area (Å²) in [6.45, 7) is -2.83. The lowest BCUT2D eigenvalue weighted by molar-refractivity contribution is -0.0712. The van der Waals surface area contributed by atoms with Crippen LogP contribution in [0.5, 0.6) is 0 Å². The molecule has 1 aliphatic carbocycles. The third-order valence-electron chi connectivity index (χ3n) is 6.25. The molecule has 0 spiro atoms. The molecule has 3 aliphatic rings. The molecule has 31 heavy (non-hydrogen) atoms. The highest BCUT2D eigenvalue weighted by molar-refractivity contribution is 6.32. The van der Waals surface area contributed by atoms with E-state index in [0.29, 0.717) is 40.9 Å². The summed E-state index contributed by atoms with van der Waals surface area (Å²) < 4.78 is 38.2. The highest BCUT2D eigenvalue weighted by Crippen LogP contribution is 2.39.